The number of likely N-dealkylation sites (tertiary alicyclic amines) is 2. The van der Waals surface area contributed by atoms with E-state index >= 15 is 0 Å². The molecule has 4 fully saturated rings. The van der Waals surface area contributed by atoms with Gasteiger partial charge in [-0.2, -0.15) is 0 Å². The first-order valence-corrected chi connectivity index (χ1v) is 19.2. The van der Waals surface area contributed by atoms with Crippen LogP contribution in [0.3, 0.4) is 0 Å². The molecule has 2 saturated carbocycles. The fraction of sp³-hybridized carbons (Fsp3) is 0.650. The zero-order valence-electron chi connectivity index (χ0n) is 33.9. The molecule has 308 valence electrons. The van der Waals surface area contributed by atoms with Gasteiger partial charge in [0.15, 0.2) is 0 Å². The molecule has 2 aromatic rings. The number of carboxylic acid groups (broad SMARTS) is 1. The number of aliphatic carboxylic acids is 1. The minimum atomic E-state index is -0.619. The van der Waals surface area contributed by atoms with Crippen molar-refractivity contribution < 1.29 is 24.3 Å². The normalized spacial score (nSPS) is 19.4. The van der Waals surface area contributed by atoms with Gasteiger partial charge in [0.2, 0.25) is 5.91 Å². The molecule has 13 nitrogen and oxygen atoms in total. The van der Waals surface area contributed by atoms with Crippen LogP contribution in [0.2, 0.25) is 0 Å². The summed E-state index contributed by atoms with van der Waals surface area (Å²) in [5, 5.41) is 18.0. The molecule has 15 heteroatoms. The Bertz CT molecular complexity index is 1540. The van der Waals surface area contributed by atoms with Gasteiger partial charge in [0, 0.05) is 68.7 Å². The first-order chi connectivity index (χ1) is 24.9. The standard InChI is InChI=1S/C20H30N4O2.C15H24N4O.C5H8O2.2ClH/c1-20(2,3)22-17-9-8-15(12-21-17)19(26)24-11-10-16(13-24)23(4)18(25)14-6-5-7-14;1-15(2,3)18-13-6-5-11(9-17-13)14(20)19-8-7-12(10-19)16-4;6-5(7)4-2-1-3-4;;/h8-9,12,14,16H,5-7,10-11,13H2,1-4H3,(H,21,22);5-6,9,12,16H,7-8,10H2,1-4H3,(H,17,18);4H,1-3H2,(H,6,7);2*1H/t16-;12-;;;/m00.../s1. The average Bonchev–Trinajstić information content (AvgIpc) is 3.73. The molecule has 4 N–H and O–H groups in total. The number of halogens is 2. The monoisotopic (exact) mass is 806 g/mol. The number of anilines is 2. The summed E-state index contributed by atoms with van der Waals surface area (Å²) in [6.07, 6.45) is 11.2. The predicted molar refractivity (Wildman–Crippen MR) is 222 cm³/mol. The van der Waals surface area contributed by atoms with Crippen LogP contribution in [0.5, 0.6) is 0 Å². The Morgan fingerprint density at radius 1 is 0.709 bits per heavy atom. The fourth-order valence-electron chi connectivity index (χ4n) is 6.52. The SMILES string of the molecule is CN(C(=O)C1CCC1)[C@H]1CCN(C(=O)c2ccc(NC(C)(C)C)nc2)C1.CN[C@H]1CCN(C(=O)c2ccc(NC(C)(C)C)nc2)C1.Cl.Cl.O=C(O)C1CCC1. The van der Waals surface area contributed by atoms with Crippen molar-refractivity contribution in [3.63, 3.8) is 0 Å². The second-order valence-electron chi connectivity index (χ2n) is 16.9. The average molecular weight is 808 g/mol. The zero-order valence-corrected chi connectivity index (χ0v) is 35.5. The lowest BCUT2D eigenvalue weighted by Crippen LogP contribution is -2.44. The molecule has 0 bridgehead atoms. The molecule has 2 aromatic heterocycles. The molecular weight excluding hydrogens is 743 g/mol. The van der Waals surface area contributed by atoms with Crippen LogP contribution in [-0.2, 0) is 9.59 Å². The van der Waals surface area contributed by atoms with Crippen molar-refractivity contribution in [1.82, 2.24) is 30.0 Å². The first-order valence-electron chi connectivity index (χ1n) is 19.2. The van der Waals surface area contributed by atoms with Crippen molar-refractivity contribution in [1.29, 1.82) is 0 Å². The quantitative estimate of drug-likeness (QED) is 0.242. The van der Waals surface area contributed by atoms with Crippen LogP contribution in [0.25, 0.3) is 0 Å². The van der Waals surface area contributed by atoms with E-state index in [9.17, 15) is 19.2 Å². The Kier molecular flexibility index (Phi) is 18.1. The van der Waals surface area contributed by atoms with Crippen molar-refractivity contribution >= 4 is 60.1 Å². The molecule has 0 radical (unpaired) electrons. The number of aromatic nitrogens is 2. The molecule has 2 aliphatic carbocycles. The number of rotatable bonds is 8. The van der Waals surface area contributed by atoms with Crippen LogP contribution >= 0.6 is 24.8 Å². The number of likely N-dealkylation sites (N-methyl/N-ethyl adjacent to an activating group) is 2. The highest BCUT2D eigenvalue weighted by molar-refractivity contribution is 5.95. The van der Waals surface area contributed by atoms with Gasteiger partial charge in [0.1, 0.15) is 11.6 Å². The number of carbonyl (C=O) groups is 4. The van der Waals surface area contributed by atoms with E-state index in [1.54, 1.807) is 12.4 Å². The third kappa shape index (κ3) is 14.4. The Morgan fingerprint density at radius 3 is 1.49 bits per heavy atom. The predicted octanol–water partition coefficient (Wildman–Crippen LogP) is 6.21. The molecule has 0 spiro atoms. The number of amides is 3. The minimum Gasteiger partial charge on any atom is -0.481 e. The second kappa shape index (κ2) is 21.0. The lowest BCUT2D eigenvalue weighted by Gasteiger charge is -2.32. The van der Waals surface area contributed by atoms with Crippen LogP contribution in [0, 0.1) is 11.8 Å². The third-order valence-corrected chi connectivity index (χ3v) is 10.2. The van der Waals surface area contributed by atoms with Gasteiger partial charge in [-0.1, -0.05) is 12.8 Å². The van der Waals surface area contributed by atoms with E-state index < -0.39 is 5.97 Å². The molecular formula is C40H64Cl2N8O5. The first kappa shape index (κ1) is 47.5. The number of hydrogen-bond donors (Lipinski definition) is 4. The smallest absolute Gasteiger partial charge is 0.306 e. The summed E-state index contributed by atoms with van der Waals surface area (Å²) in [7, 11) is 3.82. The summed E-state index contributed by atoms with van der Waals surface area (Å²) in [5.41, 5.74) is 1.14. The highest BCUT2D eigenvalue weighted by Crippen LogP contribution is 2.30. The summed E-state index contributed by atoms with van der Waals surface area (Å²) < 4.78 is 0. The van der Waals surface area contributed by atoms with Crippen LogP contribution in [-0.4, -0.2) is 117 Å². The topological polar surface area (TPSA) is 160 Å². The maximum absolute atomic E-state index is 12.7. The van der Waals surface area contributed by atoms with Crippen LogP contribution in [0.4, 0.5) is 11.6 Å². The van der Waals surface area contributed by atoms with Gasteiger partial charge < -0.3 is 35.8 Å². The minimum absolute atomic E-state index is 0. The van der Waals surface area contributed by atoms with E-state index in [1.807, 2.05) is 53.1 Å². The molecule has 0 aromatic carbocycles. The lowest BCUT2D eigenvalue weighted by atomic mass is 9.84. The number of carbonyl (C=O) groups excluding carboxylic acids is 3. The van der Waals surface area contributed by atoms with Gasteiger partial charge in [-0.15, -0.1) is 24.8 Å². The number of pyridine rings is 2. The van der Waals surface area contributed by atoms with E-state index in [1.165, 1.54) is 0 Å². The van der Waals surface area contributed by atoms with Gasteiger partial charge in [-0.25, -0.2) is 9.97 Å². The molecule has 4 aliphatic rings. The zero-order chi connectivity index (χ0) is 38.9. The van der Waals surface area contributed by atoms with Crippen molar-refractivity contribution in [2.75, 3.05) is 50.9 Å². The van der Waals surface area contributed by atoms with E-state index in [0.717, 1.165) is 76.1 Å². The van der Waals surface area contributed by atoms with Crippen LogP contribution in [0.1, 0.15) is 114 Å². The van der Waals surface area contributed by atoms with E-state index in [4.69, 9.17) is 5.11 Å². The maximum Gasteiger partial charge on any atom is 0.306 e. The van der Waals surface area contributed by atoms with Crippen molar-refractivity contribution in [2.45, 2.75) is 116 Å². The van der Waals surface area contributed by atoms with Gasteiger partial charge in [-0.05, 0) is 111 Å². The number of hydrogen-bond acceptors (Lipinski definition) is 9. The Morgan fingerprint density at radius 2 is 1.16 bits per heavy atom. The third-order valence-electron chi connectivity index (χ3n) is 10.2. The molecule has 4 heterocycles. The van der Waals surface area contributed by atoms with Crippen molar-refractivity contribution in [2.24, 2.45) is 11.8 Å². The number of carboxylic acids is 1. The molecule has 6 rings (SSSR count). The van der Waals surface area contributed by atoms with Gasteiger partial charge in [0.05, 0.1) is 23.1 Å². The Labute approximate surface area is 340 Å². The van der Waals surface area contributed by atoms with Gasteiger partial charge >= 0.3 is 5.97 Å². The van der Waals surface area contributed by atoms with Gasteiger partial charge in [-0.3, -0.25) is 19.2 Å². The summed E-state index contributed by atoms with van der Waals surface area (Å²) in [6, 6.07) is 7.91. The maximum atomic E-state index is 12.7. The molecule has 3 amide bonds. The van der Waals surface area contributed by atoms with E-state index in [0.29, 0.717) is 30.3 Å². The molecule has 2 atom stereocenters. The summed E-state index contributed by atoms with van der Waals surface area (Å²) in [6.45, 7) is 15.3. The summed E-state index contributed by atoms with van der Waals surface area (Å²) in [5.74, 6) is 1.45. The Hall–Kier alpha value is -3.68. The fourth-order valence-corrected chi connectivity index (χ4v) is 6.52. The lowest BCUT2D eigenvalue weighted by molar-refractivity contribution is -0.144. The Balaban J connectivity index is 0.000000319. The van der Waals surface area contributed by atoms with Crippen LogP contribution in [0.15, 0.2) is 36.7 Å². The molecule has 0 unspecified atom stereocenters. The summed E-state index contributed by atoms with van der Waals surface area (Å²) in [4.78, 5) is 61.8. The largest absolute Gasteiger partial charge is 0.481 e. The second-order valence-corrected chi connectivity index (χ2v) is 16.9. The number of nitrogens with zero attached hydrogens (tertiary/aromatic N) is 5. The molecule has 55 heavy (non-hydrogen) atoms. The summed E-state index contributed by atoms with van der Waals surface area (Å²) >= 11 is 0. The van der Waals surface area contributed by atoms with E-state index in [-0.39, 0.29) is 71.5 Å². The van der Waals surface area contributed by atoms with Gasteiger partial charge in [0.25, 0.3) is 11.8 Å². The van der Waals surface area contributed by atoms with E-state index in [2.05, 4.69) is 67.5 Å². The molecule has 2 saturated heterocycles. The molecule has 2 aliphatic heterocycles. The number of nitrogens with one attached hydrogen (secondary N) is 3. The van der Waals surface area contributed by atoms with Crippen molar-refractivity contribution in [3.05, 3.63) is 47.8 Å². The van der Waals surface area contributed by atoms with Crippen LogP contribution < -0.4 is 16.0 Å². The highest BCUT2D eigenvalue weighted by Gasteiger charge is 2.35. The highest BCUT2D eigenvalue weighted by atomic mass is 35.5. The van der Waals surface area contributed by atoms with Crippen molar-refractivity contribution in [3.8, 4) is 0 Å².